The quantitative estimate of drug-likeness (QED) is 0.554. The highest BCUT2D eigenvalue weighted by Crippen LogP contribution is 2.34. The summed E-state index contributed by atoms with van der Waals surface area (Å²) in [6.45, 7) is 3.45. The summed E-state index contributed by atoms with van der Waals surface area (Å²) in [5.41, 5.74) is 0. The van der Waals surface area contributed by atoms with Crippen LogP contribution < -0.4 is 0 Å². The van der Waals surface area contributed by atoms with Crippen molar-refractivity contribution in [2.45, 2.75) is 33.1 Å². The van der Waals surface area contributed by atoms with Gasteiger partial charge in [0.2, 0.25) is 0 Å². The van der Waals surface area contributed by atoms with Crippen molar-refractivity contribution in [3.05, 3.63) is 0 Å². The lowest BCUT2D eigenvalue weighted by molar-refractivity contribution is -0.156. The van der Waals surface area contributed by atoms with Crippen LogP contribution in [-0.2, 0) is 28.7 Å². The lowest BCUT2D eigenvalue weighted by atomic mass is 9.83. The summed E-state index contributed by atoms with van der Waals surface area (Å²) in [4.78, 5) is 45.7. The van der Waals surface area contributed by atoms with Gasteiger partial charge in [-0.05, 0) is 19.3 Å². The Balaban J connectivity index is 1.99. The molecule has 0 saturated carbocycles. The molecular formula is C13H16O6. The Morgan fingerprint density at radius 3 is 1.79 bits per heavy atom. The second kappa shape index (κ2) is 5.11. The first-order chi connectivity index (χ1) is 8.95. The first-order valence-electron chi connectivity index (χ1n) is 6.46. The number of esters is 4. The molecule has 2 aliphatic rings. The van der Waals surface area contributed by atoms with Crippen LogP contribution >= 0.6 is 0 Å². The van der Waals surface area contributed by atoms with Crippen molar-refractivity contribution < 1.29 is 28.7 Å². The number of carbonyl (C=O) groups excluding carboxylic acids is 4. The number of cyclic esters (lactones) is 4. The van der Waals surface area contributed by atoms with Gasteiger partial charge in [-0.25, -0.2) is 0 Å². The second-order valence-corrected chi connectivity index (χ2v) is 5.07. The Hall–Kier alpha value is -1.72. The lowest BCUT2D eigenvalue weighted by Gasteiger charge is -2.14. The Labute approximate surface area is 110 Å². The molecule has 4 atom stereocenters. The predicted molar refractivity (Wildman–Crippen MR) is 61.4 cm³/mol. The molecule has 6 heteroatoms. The highest BCUT2D eigenvalue weighted by atomic mass is 16.6. The molecule has 2 heterocycles. The van der Waals surface area contributed by atoms with Gasteiger partial charge in [0.15, 0.2) is 0 Å². The van der Waals surface area contributed by atoms with Crippen LogP contribution in [0.2, 0.25) is 0 Å². The van der Waals surface area contributed by atoms with E-state index >= 15 is 0 Å². The number of carbonyl (C=O) groups is 4. The van der Waals surface area contributed by atoms with E-state index in [1.807, 2.05) is 6.92 Å². The van der Waals surface area contributed by atoms with Gasteiger partial charge in [0.1, 0.15) is 0 Å². The van der Waals surface area contributed by atoms with Crippen molar-refractivity contribution in [3.63, 3.8) is 0 Å². The maximum Gasteiger partial charge on any atom is 0.317 e. The molecule has 6 nitrogen and oxygen atoms in total. The fraction of sp³-hybridized carbons (Fsp3) is 0.692. The van der Waals surface area contributed by atoms with E-state index in [1.165, 1.54) is 0 Å². The van der Waals surface area contributed by atoms with Gasteiger partial charge in [-0.15, -0.1) is 0 Å². The number of ether oxygens (including phenoxy) is 2. The zero-order chi connectivity index (χ0) is 14.2. The van der Waals surface area contributed by atoms with Crippen molar-refractivity contribution in [2.75, 3.05) is 0 Å². The topological polar surface area (TPSA) is 86.7 Å². The van der Waals surface area contributed by atoms with Gasteiger partial charge in [0.25, 0.3) is 0 Å². The number of hydrogen-bond acceptors (Lipinski definition) is 6. The maximum atomic E-state index is 11.6. The van der Waals surface area contributed by atoms with Crippen molar-refractivity contribution in [2.24, 2.45) is 23.7 Å². The van der Waals surface area contributed by atoms with E-state index in [4.69, 9.17) is 0 Å². The van der Waals surface area contributed by atoms with E-state index < -0.39 is 47.5 Å². The summed E-state index contributed by atoms with van der Waals surface area (Å²) < 4.78 is 9.15. The highest BCUT2D eigenvalue weighted by molar-refractivity contribution is 5.97. The molecule has 0 radical (unpaired) electrons. The van der Waals surface area contributed by atoms with Crippen LogP contribution in [0.4, 0.5) is 0 Å². The molecule has 0 N–H and O–H groups in total. The van der Waals surface area contributed by atoms with Gasteiger partial charge in [-0.2, -0.15) is 0 Å². The van der Waals surface area contributed by atoms with Crippen LogP contribution in [0.3, 0.4) is 0 Å². The first kappa shape index (κ1) is 13.7. The smallest absolute Gasteiger partial charge is 0.317 e. The van der Waals surface area contributed by atoms with Gasteiger partial charge < -0.3 is 9.47 Å². The minimum absolute atomic E-state index is 0.356. The van der Waals surface area contributed by atoms with E-state index in [0.29, 0.717) is 19.3 Å². The lowest BCUT2D eigenvalue weighted by Crippen LogP contribution is -2.21. The molecule has 2 fully saturated rings. The third-order valence-corrected chi connectivity index (χ3v) is 4.00. The number of hydrogen-bond donors (Lipinski definition) is 0. The SMILES string of the molecule is CCC1C(=O)OC(=O)C1CCC1C(=O)OC(=O)C1C. The van der Waals surface area contributed by atoms with Crippen LogP contribution in [0, 0.1) is 23.7 Å². The summed E-state index contributed by atoms with van der Waals surface area (Å²) in [5.74, 6) is -4.02. The van der Waals surface area contributed by atoms with Crippen molar-refractivity contribution in [1.29, 1.82) is 0 Å². The van der Waals surface area contributed by atoms with Crippen molar-refractivity contribution in [3.8, 4) is 0 Å². The molecule has 0 amide bonds. The average molecular weight is 268 g/mol. The third kappa shape index (κ3) is 2.39. The second-order valence-electron chi connectivity index (χ2n) is 5.07. The molecule has 19 heavy (non-hydrogen) atoms. The molecule has 0 aromatic rings. The molecule has 4 unspecified atom stereocenters. The predicted octanol–water partition coefficient (Wildman–Crippen LogP) is 0.828. The van der Waals surface area contributed by atoms with E-state index in [0.717, 1.165) is 0 Å². The van der Waals surface area contributed by atoms with E-state index in [2.05, 4.69) is 9.47 Å². The monoisotopic (exact) mass is 268 g/mol. The molecule has 104 valence electrons. The molecule has 2 saturated heterocycles. The van der Waals surface area contributed by atoms with Crippen LogP contribution in [0.15, 0.2) is 0 Å². The van der Waals surface area contributed by atoms with Crippen molar-refractivity contribution in [1.82, 2.24) is 0 Å². The largest absolute Gasteiger partial charge is 0.393 e. The van der Waals surface area contributed by atoms with Crippen LogP contribution in [0.5, 0.6) is 0 Å². The van der Waals surface area contributed by atoms with Gasteiger partial charge in [-0.3, -0.25) is 19.2 Å². The molecule has 0 spiro atoms. The fourth-order valence-electron chi connectivity index (χ4n) is 2.71. The Kier molecular flexibility index (Phi) is 3.68. The fourth-order valence-corrected chi connectivity index (χ4v) is 2.71. The summed E-state index contributed by atoms with van der Waals surface area (Å²) >= 11 is 0. The Morgan fingerprint density at radius 2 is 1.26 bits per heavy atom. The molecule has 2 aliphatic heterocycles. The zero-order valence-electron chi connectivity index (χ0n) is 10.9. The van der Waals surface area contributed by atoms with Crippen LogP contribution in [0.25, 0.3) is 0 Å². The van der Waals surface area contributed by atoms with E-state index in [-0.39, 0.29) is 0 Å². The first-order valence-corrected chi connectivity index (χ1v) is 6.46. The molecule has 0 bridgehead atoms. The Morgan fingerprint density at radius 1 is 0.789 bits per heavy atom. The molecule has 2 rings (SSSR count). The minimum atomic E-state index is -0.539. The van der Waals surface area contributed by atoms with Gasteiger partial charge in [-0.1, -0.05) is 13.8 Å². The average Bonchev–Trinajstić information content (AvgIpc) is 2.75. The minimum Gasteiger partial charge on any atom is -0.393 e. The van der Waals surface area contributed by atoms with Gasteiger partial charge in [0, 0.05) is 0 Å². The number of rotatable bonds is 4. The third-order valence-electron chi connectivity index (χ3n) is 4.00. The molecular weight excluding hydrogens is 252 g/mol. The maximum absolute atomic E-state index is 11.6. The van der Waals surface area contributed by atoms with Gasteiger partial charge >= 0.3 is 23.9 Å². The van der Waals surface area contributed by atoms with E-state index in [9.17, 15) is 19.2 Å². The molecule has 0 aromatic carbocycles. The summed E-state index contributed by atoms with van der Waals surface area (Å²) in [5, 5.41) is 0. The Bertz CT molecular complexity index is 440. The normalized spacial score (nSPS) is 34.6. The summed E-state index contributed by atoms with van der Waals surface area (Å²) in [6, 6.07) is 0. The van der Waals surface area contributed by atoms with Crippen LogP contribution in [0.1, 0.15) is 33.1 Å². The van der Waals surface area contributed by atoms with E-state index in [1.54, 1.807) is 6.92 Å². The summed E-state index contributed by atoms with van der Waals surface area (Å²) in [7, 11) is 0. The van der Waals surface area contributed by atoms with Crippen LogP contribution in [-0.4, -0.2) is 23.9 Å². The molecule has 0 aliphatic carbocycles. The standard InChI is InChI=1S/C13H16O6/c1-3-7-9(13(17)19-11(7)15)5-4-8-6(2)10(14)18-12(8)16/h6-9H,3-5H2,1-2H3. The summed E-state index contributed by atoms with van der Waals surface area (Å²) in [6.07, 6.45) is 1.24. The van der Waals surface area contributed by atoms with Gasteiger partial charge in [0.05, 0.1) is 23.7 Å². The highest BCUT2D eigenvalue weighted by Gasteiger charge is 2.46. The molecule has 0 aromatic heterocycles. The van der Waals surface area contributed by atoms with Crippen molar-refractivity contribution >= 4 is 23.9 Å². The zero-order valence-corrected chi connectivity index (χ0v) is 10.9.